The van der Waals surface area contributed by atoms with Gasteiger partial charge < -0.3 is 6.92 Å². The van der Waals surface area contributed by atoms with Gasteiger partial charge in [0.1, 0.15) is 0 Å². The monoisotopic (exact) mass is 144 g/mol. The average Bonchev–Trinajstić information content (AvgIpc) is 1.37. The van der Waals surface area contributed by atoms with Gasteiger partial charge in [-0.25, -0.2) is 0 Å². The fourth-order valence-corrected chi connectivity index (χ4v) is 0. The zero-order valence-electron chi connectivity index (χ0n) is 3.50. The summed E-state index contributed by atoms with van der Waals surface area (Å²) in [5, 5.41) is 1.02. The number of rotatable bonds is 1. The van der Waals surface area contributed by atoms with Crippen LogP contribution in [-0.4, -0.2) is 5.33 Å². The third-order valence-corrected chi connectivity index (χ3v) is 0.694. The van der Waals surface area contributed by atoms with E-state index in [0.717, 1.165) is 11.8 Å². The molecule has 0 saturated carbocycles. The first-order chi connectivity index (χ1) is 1.91. The molecule has 0 unspecified atom stereocenters. The van der Waals surface area contributed by atoms with Crippen molar-refractivity contribution in [2.75, 3.05) is 5.33 Å². The van der Waals surface area contributed by atoms with Crippen molar-refractivity contribution in [2.45, 2.75) is 6.42 Å². The second-order valence-corrected chi connectivity index (χ2v) is 1.34. The molecule has 0 aromatic rings. The first-order valence-electron chi connectivity index (χ1n) is 1.27. The van der Waals surface area contributed by atoms with Crippen LogP contribution in [0, 0.1) is 6.92 Å². The van der Waals surface area contributed by atoms with Gasteiger partial charge in [0.05, 0.1) is 0 Å². The molecule has 0 aromatic carbocycles. The molecule has 2 heteroatoms. The van der Waals surface area contributed by atoms with E-state index in [4.69, 9.17) is 0 Å². The molecule has 0 amide bonds. The minimum Gasteiger partial charge on any atom is -0.343 e. The van der Waals surface area contributed by atoms with Crippen molar-refractivity contribution < 1.29 is 29.6 Å². The fourth-order valence-electron chi connectivity index (χ4n) is 0. The van der Waals surface area contributed by atoms with E-state index in [1.54, 1.807) is 0 Å². The summed E-state index contributed by atoms with van der Waals surface area (Å²) in [5.74, 6) is 0. The Balaban J connectivity index is 0. The van der Waals surface area contributed by atoms with Crippen molar-refractivity contribution in [3.8, 4) is 0 Å². The van der Waals surface area contributed by atoms with Crippen LogP contribution in [0.1, 0.15) is 6.42 Å². The molecule has 0 nitrogen and oxygen atoms in total. The van der Waals surface area contributed by atoms with Crippen LogP contribution in [0.15, 0.2) is 0 Å². The van der Waals surface area contributed by atoms with E-state index in [9.17, 15) is 0 Å². The number of hydrogen-bond donors (Lipinski definition) is 0. The smallest absolute Gasteiger partial charge is 0.343 e. The predicted molar refractivity (Wildman–Crippen MR) is 23.8 cm³/mol. The maximum atomic E-state index is 3.56. The summed E-state index contributed by atoms with van der Waals surface area (Å²) in [6.45, 7) is 3.56. The van der Waals surface area contributed by atoms with Crippen LogP contribution in [0.5, 0.6) is 0 Å². The van der Waals surface area contributed by atoms with E-state index < -0.39 is 0 Å². The Morgan fingerprint density at radius 3 is 1.80 bits per heavy atom. The maximum Gasteiger partial charge on any atom is 1.00 e. The average molecular weight is 145 g/mol. The van der Waals surface area contributed by atoms with Crippen molar-refractivity contribution in [3.63, 3.8) is 0 Å². The van der Waals surface area contributed by atoms with Gasteiger partial charge in [-0.05, 0) is 5.33 Å². The van der Waals surface area contributed by atoms with Crippen molar-refractivity contribution in [2.24, 2.45) is 0 Å². The van der Waals surface area contributed by atoms with Gasteiger partial charge in [-0.15, -0.1) is 0 Å². The van der Waals surface area contributed by atoms with E-state index >= 15 is 0 Å². The molecule has 0 bridgehead atoms. The molecule has 0 atom stereocenters. The van der Waals surface area contributed by atoms with Crippen molar-refractivity contribution >= 4 is 15.9 Å². The van der Waals surface area contributed by atoms with Crippen LogP contribution in [0.25, 0.3) is 0 Å². The van der Waals surface area contributed by atoms with Crippen LogP contribution in [0.4, 0.5) is 0 Å². The van der Waals surface area contributed by atoms with Gasteiger partial charge in [0, 0.05) is 0 Å². The third kappa shape index (κ3) is 10.8. The van der Waals surface area contributed by atoms with Gasteiger partial charge in [-0.2, -0.15) is 6.42 Å². The summed E-state index contributed by atoms with van der Waals surface area (Å²) in [5.41, 5.74) is 0. The number of alkyl halides is 1. The zero-order chi connectivity index (χ0) is 3.41. The fraction of sp³-hybridized carbons (Fsp3) is 0.667. The van der Waals surface area contributed by atoms with Crippen molar-refractivity contribution in [1.82, 2.24) is 0 Å². The summed E-state index contributed by atoms with van der Waals surface area (Å²) in [6, 6.07) is 0. The molecule has 0 rings (SSSR count). The Kier molecular flexibility index (Phi) is 17.6. The third-order valence-electron chi connectivity index (χ3n) is 0.134. The van der Waals surface area contributed by atoms with E-state index in [0.29, 0.717) is 0 Å². The van der Waals surface area contributed by atoms with Gasteiger partial charge in [0.25, 0.3) is 0 Å². The van der Waals surface area contributed by atoms with E-state index in [1.165, 1.54) is 0 Å². The Labute approximate surface area is 63.8 Å². The van der Waals surface area contributed by atoms with E-state index in [-0.39, 0.29) is 29.6 Å². The summed E-state index contributed by atoms with van der Waals surface area (Å²) in [7, 11) is 0. The zero-order valence-corrected chi connectivity index (χ0v) is 7.09. The first-order valence-corrected chi connectivity index (χ1v) is 2.39. The normalized spacial score (nSPS) is 6.00. The molecule has 0 aliphatic carbocycles. The van der Waals surface area contributed by atoms with Crippen LogP contribution < -0.4 is 29.6 Å². The van der Waals surface area contributed by atoms with E-state index in [1.807, 2.05) is 0 Å². The maximum absolute atomic E-state index is 3.56. The number of hydrogen-bond acceptors (Lipinski definition) is 0. The number of halogens is 1. The molecule has 26 valence electrons. The molecule has 0 fully saturated rings. The van der Waals surface area contributed by atoms with Gasteiger partial charge in [0.15, 0.2) is 0 Å². The minimum absolute atomic E-state index is 0. The topological polar surface area (TPSA) is 0 Å². The molecule has 0 N–H and O–H groups in total. The molecule has 0 saturated heterocycles. The molecule has 0 aliphatic rings. The molecule has 0 aliphatic heterocycles. The van der Waals surface area contributed by atoms with Crippen LogP contribution in [-0.2, 0) is 0 Å². The van der Waals surface area contributed by atoms with Gasteiger partial charge in [0.2, 0.25) is 0 Å². The largest absolute Gasteiger partial charge is 1.00 e. The summed E-state index contributed by atoms with van der Waals surface area (Å²) >= 11 is 3.19. The Bertz CT molecular complexity index is 8.85. The van der Waals surface area contributed by atoms with Crippen LogP contribution in [0.2, 0.25) is 0 Å². The summed E-state index contributed by atoms with van der Waals surface area (Å²) in [6.07, 6.45) is 0.986. The molecular formula is C3H6BrNa. The quantitative estimate of drug-likeness (QED) is 0.242. The van der Waals surface area contributed by atoms with Gasteiger partial charge in [-0.1, -0.05) is 15.9 Å². The molecule has 0 radical (unpaired) electrons. The molecule has 0 aromatic heterocycles. The SMILES string of the molecule is [CH2-]CCBr.[Na+]. The van der Waals surface area contributed by atoms with E-state index in [2.05, 4.69) is 22.9 Å². The molecular weight excluding hydrogens is 139 g/mol. The Morgan fingerprint density at radius 1 is 1.60 bits per heavy atom. The second-order valence-electron chi connectivity index (χ2n) is 0.543. The molecule has 5 heavy (non-hydrogen) atoms. The standard InChI is InChI=1S/C3H6Br.Na/c1-2-3-4;/h1-3H2;/q-1;+1. The molecule has 0 spiro atoms. The van der Waals surface area contributed by atoms with Crippen LogP contribution >= 0.6 is 15.9 Å². The second kappa shape index (κ2) is 9.08. The first kappa shape index (κ1) is 9.70. The Morgan fingerprint density at radius 2 is 1.80 bits per heavy atom. The van der Waals surface area contributed by atoms with Crippen molar-refractivity contribution in [1.29, 1.82) is 0 Å². The summed E-state index contributed by atoms with van der Waals surface area (Å²) < 4.78 is 0. The molecule has 0 heterocycles. The van der Waals surface area contributed by atoms with Gasteiger partial charge >= 0.3 is 29.6 Å². The van der Waals surface area contributed by atoms with Crippen molar-refractivity contribution in [3.05, 3.63) is 6.92 Å². The predicted octanol–water partition coefficient (Wildman–Crippen LogP) is -1.39. The minimum atomic E-state index is 0. The van der Waals surface area contributed by atoms with Gasteiger partial charge in [-0.3, -0.25) is 0 Å². The summed E-state index contributed by atoms with van der Waals surface area (Å²) in [4.78, 5) is 0. The Hall–Kier alpha value is 1.48. The van der Waals surface area contributed by atoms with Crippen LogP contribution in [0.3, 0.4) is 0 Å².